The van der Waals surface area contributed by atoms with Gasteiger partial charge < -0.3 is 5.73 Å². The van der Waals surface area contributed by atoms with E-state index >= 15 is 0 Å². The first-order chi connectivity index (χ1) is 20.0. The average Bonchev–Trinajstić information content (AvgIpc) is 2.94. The molecular weight excluding hydrogens is 579 g/mol. The van der Waals surface area contributed by atoms with E-state index in [1.807, 2.05) is 32.0 Å². The lowest BCUT2D eigenvalue weighted by Crippen LogP contribution is -2.39. The highest BCUT2D eigenvalue weighted by atomic mass is 35.5. The van der Waals surface area contributed by atoms with Gasteiger partial charge in [-0.2, -0.15) is 30.2 Å². The van der Waals surface area contributed by atoms with Crippen molar-refractivity contribution in [2.24, 2.45) is 5.73 Å². The van der Waals surface area contributed by atoms with Gasteiger partial charge in [-0.3, -0.25) is 9.69 Å². The van der Waals surface area contributed by atoms with Crippen LogP contribution in [0.3, 0.4) is 0 Å². The molecule has 1 atom stereocenters. The van der Waals surface area contributed by atoms with Gasteiger partial charge >= 0.3 is 6.18 Å². The van der Waals surface area contributed by atoms with Gasteiger partial charge in [0.2, 0.25) is 0 Å². The molecule has 0 radical (unpaired) electrons. The molecule has 1 aliphatic heterocycles. The Kier molecular flexibility index (Phi) is 8.45. The van der Waals surface area contributed by atoms with Crippen LogP contribution >= 0.6 is 23.4 Å². The maximum atomic E-state index is 13.7. The molecule has 1 heterocycles. The molecule has 0 fully saturated rings. The third-order valence-corrected chi connectivity index (χ3v) is 9.20. The normalized spacial score (nSPS) is 17.4. The lowest BCUT2D eigenvalue weighted by molar-refractivity contribution is -0.137. The molecule has 3 aromatic carbocycles. The number of allylic oxidation sites excluding steroid dienone is 3. The van der Waals surface area contributed by atoms with Crippen molar-refractivity contribution in [2.45, 2.75) is 56.7 Å². The monoisotopic (exact) mass is 607 g/mol. The number of hydrogen-bond donors (Lipinski definition) is 1. The molecule has 0 saturated carbocycles. The molecule has 1 aliphatic carbocycles. The highest BCUT2D eigenvalue weighted by Gasteiger charge is 2.42. The van der Waals surface area contributed by atoms with Crippen LogP contribution in [0.1, 0.15) is 58.6 Å². The van der Waals surface area contributed by atoms with Crippen LogP contribution in [0.15, 0.2) is 83.3 Å². The van der Waals surface area contributed by atoms with Gasteiger partial charge in [0, 0.05) is 29.2 Å². The van der Waals surface area contributed by atoms with E-state index < -0.39 is 17.7 Å². The first kappa shape index (κ1) is 29.8. The zero-order valence-corrected chi connectivity index (χ0v) is 24.8. The zero-order valence-electron chi connectivity index (χ0n) is 23.2. The van der Waals surface area contributed by atoms with Crippen LogP contribution in [0.2, 0.25) is 5.02 Å². The Morgan fingerprint density at radius 3 is 2.48 bits per heavy atom. The number of thioether (sulfide) groups is 1. The second kappa shape index (κ2) is 11.9. The first-order valence-corrected chi connectivity index (χ1v) is 15.1. The van der Waals surface area contributed by atoms with Crippen LogP contribution in [0.5, 0.6) is 0 Å². The summed E-state index contributed by atoms with van der Waals surface area (Å²) in [5.74, 6) is 0.681. The topological polar surface area (TPSA) is 70.1 Å². The number of nitrogens with zero attached hydrogens (tertiary/aromatic N) is 2. The third kappa shape index (κ3) is 5.68. The minimum absolute atomic E-state index is 0.00368. The smallest absolute Gasteiger partial charge is 0.384 e. The van der Waals surface area contributed by atoms with E-state index in [-0.39, 0.29) is 34.3 Å². The van der Waals surface area contributed by atoms with Gasteiger partial charge in [0.1, 0.15) is 5.82 Å². The number of rotatable bonds is 6. The van der Waals surface area contributed by atoms with Crippen molar-refractivity contribution >= 4 is 34.8 Å². The number of ketones is 1. The van der Waals surface area contributed by atoms with Crippen molar-refractivity contribution in [3.63, 3.8) is 0 Å². The van der Waals surface area contributed by atoms with Crippen LogP contribution in [0.4, 0.5) is 18.9 Å². The van der Waals surface area contributed by atoms with Crippen molar-refractivity contribution < 1.29 is 18.0 Å². The summed E-state index contributed by atoms with van der Waals surface area (Å²) in [5, 5.41) is 10.4. The Morgan fingerprint density at radius 1 is 1.05 bits per heavy atom. The lowest BCUT2D eigenvalue weighted by Gasteiger charge is -2.40. The molecule has 9 heteroatoms. The van der Waals surface area contributed by atoms with Crippen LogP contribution in [-0.4, -0.2) is 5.78 Å². The Balaban J connectivity index is 1.62. The number of alkyl halides is 3. The summed E-state index contributed by atoms with van der Waals surface area (Å²) in [6.07, 6.45) is -3.40. The number of anilines is 1. The number of halogens is 4. The van der Waals surface area contributed by atoms with E-state index in [1.54, 1.807) is 11.8 Å². The number of carbonyl (C=O) groups excluding carboxylic acids is 1. The maximum Gasteiger partial charge on any atom is 0.416 e. The second-order valence-electron chi connectivity index (χ2n) is 10.6. The SMILES string of the molecule is Cc1cc(C)c(C2C(C#N)=C(N)N(c3cc(C(F)(F)F)ccc3Cl)C3=C2C(=O)CCC3)cc1CSCc1ccccc1. The highest BCUT2D eigenvalue weighted by Crippen LogP contribution is 2.49. The number of Topliss-reactive ketones (excluding diaryl/α,β-unsaturated/α-hetero) is 1. The molecule has 5 rings (SSSR count). The minimum atomic E-state index is -4.61. The molecule has 0 amide bonds. The molecule has 0 spiro atoms. The van der Waals surface area contributed by atoms with E-state index in [0.29, 0.717) is 24.1 Å². The van der Waals surface area contributed by atoms with Gasteiger partial charge in [-0.1, -0.05) is 54.1 Å². The van der Waals surface area contributed by atoms with E-state index in [1.165, 1.54) is 16.5 Å². The molecular formula is C33H29ClF3N3OS. The summed E-state index contributed by atoms with van der Waals surface area (Å²) in [4.78, 5) is 15.0. The fraction of sp³-hybridized carbons (Fsp3) is 0.273. The molecule has 4 nitrogen and oxygen atoms in total. The Morgan fingerprint density at radius 2 is 1.79 bits per heavy atom. The fourth-order valence-corrected chi connectivity index (χ4v) is 7.03. The molecule has 2 aliphatic rings. The van der Waals surface area contributed by atoms with Crippen molar-refractivity contribution in [1.29, 1.82) is 5.26 Å². The predicted octanol–water partition coefficient (Wildman–Crippen LogP) is 8.71. The Labute approximate surface area is 252 Å². The highest BCUT2D eigenvalue weighted by molar-refractivity contribution is 7.97. The summed E-state index contributed by atoms with van der Waals surface area (Å²) >= 11 is 8.21. The molecule has 1 unspecified atom stereocenters. The van der Waals surface area contributed by atoms with E-state index in [2.05, 4.69) is 30.3 Å². The van der Waals surface area contributed by atoms with Crippen molar-refractivity contribution in [1.82, 2.24) is 0 Å². The summed E-state index contributed by atoms with van der Waals surface area (Å²) in [6, 6.07) is 19.5. The number of nitrogens with two attached hydrogens (primary N) is 1. The summed E-state index contributed by atoms with van der Waals surface area (Å²) in [7, 11) is 0. The number of benzene rings is 3. The van der Waals surface area contributed by atoms with Crippen LogP contribution in [-0.2, 0) is 22.5 Å². The van der Waals surface area contributed by atoms with Crippen molar-refractivity contribution in [3.8, 4) is 6.07 Å². The minimum Gasteiger partial charge on any atom is -0.384 e. The van der Waals surface area contributed by atoms with Gasteiger partial charge in [-0.15, -0.1) is 0 Å². The van der Waals surface area contributed by atoms with Crippen LogP contribution < -0.4 is 10.6 Å². The summed E-state index contributed by atoms with van der Waals surface area (Å²) in [5.41, 5.74) is 11.9. The first-order valence-electron chi connectivity index (χ1n) is 13.6. The maximum absolute atomic E-state index is 13.7. The van der Waals surface area contributed by atoms with E-state index in [4.69, 9.17) is 17.3 Å². The van der Waals surface area contributed by atoms with Gasteiger partial charge in [0.05, 0.1) is 33.8 Å². The van der Waals surface area contributed by atoms with Gasteiger partial charge in [-0.25, -0.2) is 0 Å². The van der Waals surface area contributed by atoms with Crippen molar-refractivity contribution in [2.75, 3.05) is 4.90 Å². The van der Waals surface area contributed by atoms with Crippen LogP contribution in [0.25, 0.3) is 0 Å². The quantitative estimate of drug-likeness (QED) is 0.303. The largest absolute Gasteiger partial charge is 0.416 e. The lowest BCUT2D eigenvalue weighted by atomic mass is 9.74. The fourth-order valence-electron chi connectivity index (χ4n) is 5.77. The number of nitriles is 1. The predicted molar refractivity (Wildman–Crippen MR) is 162 cm³/mol. The van der Waals surface area contributed by atoms with Crippen LogP contribution in [0, 0.1) is 25.2 Å². The molecule has 42 heavy (non-hydrogen) atoms. The number of aryl methyl sites for hydroxylation is 2. The van der Waals surface area contributed by atoms with Gasteiger partial charge in [0.15, 0.2) is 5.78 Å². The van der Waals surface area contributed by atoms with E-state index in [0.717, 1.165) is 45.9 Å². The molecule has 2 N–H and O–H groups in total. The molecule has 0 bridgehead atoms. The van der Waals surface area contributed by atoms with E-state index in [9.17, 15) is 23.2 Å². The molecule has 0 saturated heterocycles. The zero-order chi connectivity index (χ0) is 30.2. The van der Waals surface area contributed by atoms with Gasteiger partial charge in [0.25, 0.3) is 0 Å². The summed E-state index contributed by atoms with van der Waals surface area (Å²) in [6.45, 7) is 3.98. The number of carbonyl (C=O) groups is 1. The summed E-state index contributed by atoms with van der Waals surface area (Å²) < 4.78 is 41.0. The van der Waals surface area contributed by atoms with Crippen molar-refractivity contribution in [3.05, 3.63) is 122 Å². The third-order valence-electron chi connectivity index (χ3n) is 7.83. The standard InChI is InChI=1S/C33H29ClF3N3OS/c1-19-13-20(2)24(14-22(19)18-42-17-21-7-4-3-5-8-21)30-25(16-38)32(39)40(27-9-6-10-29(41)31(27)30)28-15-23(33(35,36)37)11-12-26(28)34/h3-5,7-8,11-15,30H,6,9-10,17-18,39H2,1-2H3. The molecule has 216 valence electrons. The van der Waals surface area contributed by atoms with Gasteiger partial charge in [-0.05, 0) is 72.7 Å². The number of hydrogen-bond acceptors (Lipinski definition) is 5. The second-order valence-corrected chi connectivity index (χ2v) is 12.0. The Bertz CT molecular complexity index is 1660. The Hall–Kier alpha value is -3.67. The molecule has 0 aromatic heterocycles. The average molecular weight is 608 g/mol. The molecule has 3 aromatic rings.